The molecule has 0 unspecified atom stereocenters. The van der Waals surface area contributed by atoms with Crippen molar-refractivity contribution in [1.82, 2.24) is 0 Å². The van der Waals surface area contributed by atoms with Gasteiger partial charge >= 0.3 is 13.1 Å². The molecule has 0 saturated carbocycles. The Morgan fingerprint density at radius 3 is 2.23 bits per heavy atom. The van der Waals surface area contributed by atoms with Crippen molar-refractivity contribution >= 4 is 34.5 Å². The maximum absolute atomic E-state index is 12.1. The van der Waals surface area contributed by atoms with Crippen molar-refractivity contribution in [3.63, 3.8) is 0 Å². The number of carbonyl (C=O) groups excluding carboxylic acids is 1. The molecule has 0 atom stereocenters. The molecule has 1 heterocycles. The van der Waals surface area contributed by atoms with Gasteiger partial charge in [-0.3, -0.25) is 0 Å². The Morgan fingerprint density at radius 2 is 1.61 bits per heavy atom. The van der Waals surface area contributed by atoms with E-state index in [1.807, 2.05) is 52.0 Å². The molecular formula is C24H30BBrO5. The molecule has 0 spiro atoms. The lowest BCUT2D eigenvalue weighted by atomic mass is 9.74. The Kier molecular flexibility index (Phi) is 7.19. The highest BCUT2D eigenvalue weighted by Gasteiger charge is 2.52. The molecule has 5 nitrogen and oxygen atoms in total. The van der Waals surface area contributed by atoms with E-state index in [0.29, 0.717) is 5.56 Å². The number of aryl methyl sites for hydroxylation is 2. The maximum Gasteiger partial charge on any atom is 0.495 e. The first-order valence-corrected chi connectivity index (χ1v) is 11.3. The fourth-order valence-corrected chi connectivity index (χ4v) is 4.04. The minimum Gasteiger partial charge on any atom is -0.497 e. The van der Waals surface area contributed by atoms with Crippen LogP contribution in [0, 0.1) is 0 Å². The van der Waals surface area contributed by atoms with Crippen molar-refractivity contribution in [2.45, 2.75) is 58.2 Å². The molecule has 0 radical (unpaired) electrons. The van der Waals surface area contributed by atoms with Gasteiger partial charge in [0.15, 0.2) is 0 Å². The first-order valence-electron chi connectivity index (χ1n) is 10.5. The van der Waals surface area contributed by atoms with E-state index in [0.717, 1.165) is 40.5 Å². The Morgan fingerprint density at radius 1 is 0.968 bits per heavy atom. The summed E-state index contributed by atoms with van der Waals surface area (Å²) >= 11 is 3.63. The number of hydrogen-bond donors (Lipinski definition) is 0. The number of hydrogen-bond acceptors (Lipinski definition) is 5. The summed E-state index contributed by atoms with van der Waals surface area (Å²) < 4.78 is 23.9. The van der Waals surface area contributed by atoms with E-state index >= 15 is 0 Å². The summed E-state index contributed by atoms with van der Waals surface area (Å²) in [5.41, 5.74) is 2.76. The molecule has 0 amide bonds. The van der Waals surface area contributed by atoms with Gasteiger partial charge < -0.3 is 18.8 Å². The van der Waals surface area contributed by atoms with Crippen LogP contribution in [0.4, 0.5) is 0 Å². The van der Waals surface area contributed by atoms with E-state index in [-0.39, 0.29) is 5.97 Å². The van der Waals surface area contributed by atoms with Crippen molar-refractivity contribution in [2.24, 2.45) is 0 Å². The number of benzene rings is 2. The average molecular weight is 489 g/mol. The summed E-state index contributed by atoms with van der Waals surface area (Å²) in [6, 6.07) is 11.6. The third kappa shape index (κ3) is 5.16. The van der Waals surface area contributed by atoms with Crippen molar-refractivity contribution in [3.05, 3.63) is 57.6 Å². The zero-order chi connectivity index (χ0) is 22.8. The van der Waals surface area contributed by atoms with E-state index in [1.165, 1.54) is 12.7 Å². The van der Waals surface area contributed by atoms with Crippen LogP contribution in [0.1, 0.15) is 55.6 Å². The van der Waals surface area contributed by atoms with Crippen LogP contribution in [0.2, 0.25) is 0 Å². The number of esters is 1. The van der Waals surface area contributed by atoms with Gasteiger partial charge in [-0.15, -0.1) is 0 Å². The van der Waals surface area contributed by atoms with E-state index in [2.05, 4.69) is 22.0 Å². The maximum atomic E-state index is 12.1. The molecule has 0 N–H and O–H groups in total. The molecule has 1 aliphatic heterocycles. The molecule has 0 bridgehead atoms. The molecule has 31 heavy (non-hydrogen) atoms. The highest BCUT2D eigenvalue weighted by Crippen LogP contribution is 2.37. The molecule has 3 rings (SSSR count). The van der Waals surface area contributed by atoms with Crippen molar-refractivity contribution in [3.8, 4) is 5.75 Å². The van der Waals surface area contributed by atoms with E-state index < -0.39 is 18.3 Å². The standard InChI is InChI=1S/C24H30BBrO5/c1-23(2)24(3,4)31-25(30-23)20-15-18(22(27)29-6)11-10-16(20)8-7-9-17-14-19(28-5)12-13-21(17)26/h10-15H,7-9H2,1-6H3. The Balaban J connectivity index is 1.84. The molecule has 2 aromatic carbocycles. The number of carbonyl (C=O) groups is 1. The second kappa shape index (κ2) is 9.35. The lowest BCUT2D eigenvalue weighted by molar-refractivity contribution is 0.00578. The highest BCUT2D eigenvalue weighted by atomic mass is 79.9. The number of ether oxygens (including phenoxy) is 2. The monoisotopic (exact) mass is 488 g/mol. The Labute approximate surface area is 193 Å². The van der Waals surface area contributed by atoms with Crippen LogP contribution in [0.25, 0.3) is 0 Å². The molecule has 1 fully saturated rings. The third-order valence-corrected chi connectivity index (χ3v) is 6.99. The van der Waals surface area contributed by atoms with E-state index in [1.54, 1.807) is 13.2 Å². The normalized spacial score (nSPS) is 16.9. The fourth-order valence-electron chi connectivity index (χ4n) is 3.60. The third-order valence-electron chi connectivity index (χ3n) is 6.22. The minimum absolute atomic E-state index is 0.371. The largest absolute Gasteiger partial charge is 0.497 e. The average Bonchev–Trinajstić information content (AvgIpc) is 2.95. The zero-order valence-electron chi connectivity index (χ0n) is 19.1. The van der Waals surface area contributed by atoms with Gasteiger partial charge in [0.1, 0.15) is 5.75 Å². The van der Waals surface area contributed by atoms with Crippen molar-refractivity contribution < 1.29 is 23.6 Å². The van der Waals surface area contributed by atoms with Gasteiger partial charge in [-0.1, -0.05) is 22.0 Å². The SMILES string of the molecule is COC(=O)c1ccc(CCCc2cc(OC)ccc2Br)c(B2OC(C)(C)C(C)(C)O2)c1. The van der Waals surface area contributed by atoms with Crippen LogP contribution >= 0.6 is 15.9 Å². The lowest BCUT2D eigenvalue weighted by Crippen LogP contribution is -2.41. The van der Waals surface area contributed by atoms with E-state index in [4.69, 9.17) is 18.8 Å². The van der Waals surface area contributed by atoms with Crippen LogP contribution in [0.5, 0.6) is 5.75 Å². The van der Waals surface area contributed by atoms with Crippen molar-refractivity contribution in [2.75, 3.05) is 14.2 Å². The lowest BCUT2D eigenvalue weighted by Gasteiger charge is -2.32. The van der Waals surface area contributed by atoms with Gasteiger partial charge in [0.2, 0.25) is 0 Å². The molecule has 7 heteroatoms. The second-order valence-corrected chi connectivity index (χ2v) is 9.66. The van der Waals surface area contributed by atoms with Gasteiger partial charge in [0.25, 0.3) is 0 Å². The molecule has 1 aliphatic rings. The summed E-state index contributed by atoms with van der Waals surface area (Å²) in [6.45, 7) is 8.10. The van der Waals surface area contributed by atoms with Crippen molar-refractivity contribution in [1.29, 1.82) is 0 Å². The topological polar surface area (TPSA) is 54.0 Å². The van der Waals surface area contributed by atoms with Gasteiger partial charge in [-0.2, -0.15) is 0 Å². The first-order chi connectivity index (χ1) is 14.6. The molecule has 0 aliphatic carbocycles. The highest BCUT2D eigenvalue weighted by molar-refractivity contribution is 9.10. The molecule has 0 aromatic heterocycles. The number of halogens is 1. The van der Waals surface area contributed by atoms with Crippen LogP contribution in [0.15, 0.2) is 40.9 Å². The quantitative estimate of drug-likeness (QED) is 0.417. The summed E-state index contributed by atoms with van der Waals surface area (Å²) in [4.78, 5) is 12.1. The summed E-state index contributed by atoms with van der Waals surface area (Å²) in [5.74, 6) is 0.475. The number of rotatable bonds is 7. The van der Waals surface area contributed by atoms with Gasteiger partial charge in [-0.05, 0) is 93.9 Å². The Hall–Kier alpha value is -1.83. The summed E-state index contributed by atoms with van der Waals surface area (Å²) in [6.07, 6.45) is 2.64. The molecular weight excluding hydrogens is 459 g/mol. The molecule has 166 valence electrons. The summed E-state index contributed by atoms with van der Waals surface area (Å²) in [5, 5.41) is 0. The molecule has 2 aromatic rings. The fraction of sp³-hybridized carbons (Fsp3) is 0.458. The van der Waals surface area contributed by atoms with Crippen LogP contribution in [-0.2, 0) is 26.9 Å². The van der Waals surface area contributed by atoms with Crippen LogP contribution in [-0.4, -0.2) is 38.5 Å². The van der Waals surface area contributed by atoms with E-state index in [9.17, 15) is 4.79 Å². The van der Waals surface area contributed by atoms with Gasteiger partial charge in [-0.25, -0.2) is 4.79 Å². The predicted octanol–water partition coefficient (Wildman–Crippen LogP) is 4.72. The van der Waals surface area contributed by atoms with Gasteiger partial charge in [0, 0.05) is 4.47 Å². The summed E-state index contributed by atoms with van der Waals surface area (Å²) in [7, 11) is 2.52. The smallest absolute Gasteiger partial charge is 0.495 e. The van der Waals surface area contributed by atoms with Crippen LogP contribution < -0.4 is 10.2 Å². The molecule has 1 saturated heterocycles. The minimum atomic E-state index is -0.534. The van der Waals surface area contributed by atoms with Crippen LogP contribution in [0.3, 0.4) is 0 Å². The number of methoxy groups -OCH3 is 2. The Bertz CT molecular complexity index is 941. The second-order valence-electron chi connectivity index (χ2n) is 8.80. The van der Waals surface area contributed by atoms with Gasteiger partial charge in [0.05, 0.1) is 31.0 Å². The first kappa shape index (κ1) is 23.8. The zero-order valence-corrected chi connectivity index (χ0v) is 20.7. The predicted molar refractivity (Wildman–Crippen MR) is 126 cm³/mol.